The highest BCUT2D eigenvalue weighted by Crippen LogP contribution is 2.36. The van der Waals surface area contributed by atoms with E-state index in [0.717, 1.165) is 13.0 Å². The van der Waals surface area contributed by atoms with Crippen LogP contribution in [0.25, 0.3) is 0 Å². The van der Waals surface area contributed by atoms with Crippen LogP contribution in [0.5, 0.6) is 5.75 Å². The van der Waals surface area contributed by atoms with Crippen LogP contribution < -0.4 is 10.1 Å². The Morgan fingerprint density at radius 3 is 2.78 bits per heavy atom. The molecule has 0 fully saturated rings. The summed E-state index contributed by atoms with van der Waals surface area (Å²) < 4.78 is 5.09. The maximum atomic E-state index is 11.6. The van der Waals surface area contributed by atoms with Crippen LogP contribution in [0.4, 0.5) is 11.4 Å². The Hall–Kier alpha value is -2.64. The number of nitrogens with zero attached hydrogens (tertiary/aromatic N) is 1. The van der Waals surface area contributed by atoms with Crippen LogP contribution in [0.2, 0.25) is 0 Å². The zero-order valence-corrected chi connectivity index (χ0v) is 9.17. The molecule has 0 spiro atoms. The molecule has 94 valence electrons. The highest BCUT2D eigenvalue weighted by Gasteiger charge is 2.47. The van der Waals surface area contributed by atoms with Crippen molar-refractivity contribution in [3.63, 3.8) is 0 Å². The fraction of sp³-hybridized carbons (Fsp3) is 0.200. The summed E-state index contributed by atoms with van der Waals surface area (Å²) in [5.41, 5.74) is -2.19. The van der Waals surface area contributed by atoms with Crippen molar-refractivity contribution < 1.29 is 24.4 Å². The molecular weight excluding hydrogens is 244 g/mol. The SMILES string of the molecule is CC1(C(=O)O)Oc2ccc([N+](=O)[O-])cc2NC1=O. The van der Waals surface area contributed by atoms with Crippen LogP contribution in [-0.2, 0) is 9.59 Å². The second kappa shape index (κ2) is 3.69. The number of nitrogens with one attached hydrogen (secondary N) is 1. The number of ether oxygens (including phenoxy) is 1. The Morgan fingerprint density at radius 2 is 2.22 bits per heavy atom. The lowest BCUT2D eigenvalue weighted by Gasteiger charge is -2.30. The lowest BCUT2D eigenvalue weighted by Crippen LogP contribution is -2.54. The van der Waals surface area contributed by atoms with Crippen LogP contribution in [-0.4, -0.2) is 27.5 Å². The van der Waals surface area contributed by atoms with E-state index in [1.54, 1.807) is 0 Å². The van der Waals surface area contributed by atoms with Gasteiger partial charge in [0.2, 0.25) is 0 Å². The predicted molar refractivity (Wildman–Crippen MR) is 58.4 cm³/mol. The van der Waals surface area contributed by atoms with Crippen LogP contribution in [0.3, 0.4) is 0 Å². The molecule has 0 saturated heterocycles. The van der Waals surface area contributed by atoms with E-state index in [1.165, 1.54) is 12.1 Å². The van der Waals surface area contributed by atoms with Gasteiger partial charge in [-0.05, 0) is 13.0 Å². The number of amides is 1. The molecular formula is C10H8N2O6. The van der Waals surface area contributed by atoms with Crippen LogP contribution in [0.15, 0.2) is 18.2 Å². The molecule has 0 saturated carbocycles. The number of nitro groups is 1. The molecule has 1 aromatic rings. The summed E-state index contributed by atoms with van der Waals surface area (Å²) in [6.45, 7) is 1.11. The number of non-ortho nitro benzene ring substituents is 1. The smallest absolute Gasteiger partial charge is 0.357 e. The van der Waals surface area contributed by atoms with Gasteiger partial charge in [0.25, 0.3) is 17.2 Å². The van der Waals surface area contributed by atoms with Crippen molar-refractivity contribution >= 4 is 23.3 Å². The van der Waals surface area contributed by atoms with Gasteiger partial charge < -0.3 is 15.2 Å². The third kappa shape index (κ3) is 1.63. The van der Waals surface area contributed by atoms with Gasteiger partial charge in [-0.3, -0.25) is 14.9 Å². The first-order chi connectivity index (χ1) is 8.34. The number of hydrogen-bond donors (Lipinski definition) is 2. The van der Waals surface area contributed by atoms with Crippen LogP contribution >= 0.6 is 0 Å². The molecule has 1 aliphatic heterocycles. The van der Waals surface area contributed by atoms with E-state index in [9.17, 15) is 19.7 Å². The highest BCUT2D eigenvalue weighted by molar-refractivity contribution is 6.13. The number of aliphatic carboxylic acids is 1. The van der Waals surface area contributed by atoms with Crippen LogP contribution in [0, 0.1) is 10.1 Å². The lowest BCUT2D eigenvalue weighted by molar-refractivity contribution is -0.384. The standard InChI is InChI=1S/C10H8N2O6/c1-10(9(14)15)8(13)11-6-4-5(12(16)17)2-3-7(6)18-10/h2-4H,1H3,(H,11,13)(H,14,15). The predicted octanol–water partition coefficient (Wildman–Crippen LogP) is 0.769. The molecule has 0 bridgehead atoms. The molecule has 1 heterocycles. The summed E-state index contributed by atoms with van der Waals surface area (Å²) in [5, 5.41) is 21.8. The van der Waals surface area contributed by atoms with Gasteiger partial charge in [-0.25, -0.2) is 4.79 Å². The third-order valence-corrected chi connectivity index (χ3v) is 2.58. The molecule has 0 radical (unpaired) electrons. The number of fused-ring (bicyclic) bond motifs is 1. The molecule has 18 heavy (non-hydrogen) atoms. The van der Waals surface area contributed by atoms with E-state index < -0.39 is 22.4 Å². The Morgan fingerprint density at radius 1 is 1.56 bits per heavy atom. The van der Waals surface area contributed by atoms with E-state index in [1.807, 2.05) is 0 Å². The van der Waals surface area contributed by atoms with Crippen molar-refractivity contribution in [2.45, 2.75) is 12.5 Å². The van der Waals surface area contributed by atoms with Crippen molar-refractivity contribution in [1.82, 2.24) is 0 Å². The topological polar surface area (TPSA) is 119 Å². The van der Waals surface area contributed by atoms with Gasteiger partial charge >= 0.3 is 5.97 Å². The molecule has 8 heteroatoms. The number of carboxylic acid groups (broad SMARTS) is 1. The number of anilines is 1. The Kier molecular flexibility index (Phi) is 2.43. The Bertz CT molecular complexity index is 569. The van der Waals surface area contributed by atoms with Gasteiger partial charge in [-0.15, -0.1) is 0 Å². The summed E-state index contributed by atoms with van der Waals surface area (Å²) in [4.78, 5) is 32.5. The molecule has 1 atom stereocenters. The number of carboxylic acids is 1. The first kappa shape index (κ1) is 11.8. The first-order valence-corrected chi connectivity index (χ1v) is 4.87. The molecule has 0 aliphatic carbocycles. The second-order valence-corrected chi connectivity index (χ2v) is 3.83. The molecule has 2 N–H and O–H groups in total. The summed E-state index contributed by atoms with van der Waals surface area (Å²) in [7, 11) is 0. The van der Waals surface area contributed by atoms with Crippen molar-refractivity contribution in [2.24, 2.45) is 0 Å². The molecule has 8 nitrogen and oxygen atoms in total. The van der Waals surface area contributed by atoms with Crippen LogP contribution in [0.1, 0.15) is 6.92 Å². The van der Waals surface area contributed by atoms with E-state index in [-0.39, 0.29) is 17.1 Å². The van der Waals surface area contributed by atoms with E-state index in [4.69, 9.17) is 9.84 Å². The first-order valence-electron chi connectivity index (χ1n) is 4.87. The Balaban J connectivity index is 2.46. The lowest BCUT2D eigenvalue weighted by atomic mass is 10.0. The van der Waals surface area contributed by atoms with Crippen molar-refractivity contribution in [3.05, 3.63) is 28.3 Å². The van der Waals surface area contributed by atoms with Crippen molar-refractivity contribution in [1.29, 1.82) is 0 Å². The molecule has 1 unspecified atom stereocenters. The van der Waals surface area contributed by atoms with Gasteiger partial charge in [-0.1, -0.05) is 0 Å². The van der Waals surface area contributed by atoms with E-state index >= 15 is 0 Å². The monoisotopic (exact) mass is 252 g/mol. The average molecular weight is 252 g/mol. The highest BCUT2D eigenvalue weighted by atomic mass is 16.6. The maximum Gasteiger partial charge on any atom is 0.357 e. The van der Waals surface area contributed by atoms with Gasteiger partial charge in [0.05, 0.1) is 10.6 Å². The molecule has 1 aromatic carbocycles. The minimum atomic E-state index is -2.04. The average Bonchev–Trinajstić information content (AvgIpc) is 2.29. The fourth-order valence-corrected chi connectivity index (χ4v) is 1.47. The molecule has 1 amide bonds. The van der Waals surface area contributed by atoms with E-state index in [0.29, 0.717) is 0 Å². The number of nitro benzene ring substituents is 1. The largest absolute Gasteiger partial charge is 0.478 e. The summed E-state index contributed by atoms with van der Waals surface area (Å²) in [5.74, 6) is -2.25. The van der Waals surface area contributed by atoms with Gasteiger partial charge in [0.15, 0.2) is 0 Å². The quantitative estimate of drug-likeness (QED) is 0.455. The summed E-state index contributed by atoms with van der Waals surface area (Å²) in [6, 6.07) is 3.52. The summed E-state index contributed by atoms with van der Waals surface area (Å²) in [6.07, 6.45) is 0. The molecule has 2 rings (SSSR count). The maximum absolute atomic E-state index is 11.6. The summed E-state index contributed by atoms with van der Waals surface area (Å²) >= 11 is 0. The zero-order valence-electron chi connectivity index (χ0n) is 9.17. The van der Waals surface area contributed by atoms with Gasteiger partial charge in [0, 0.05) is 12.1 Å². The van der Waals surface area contributed by atoms with Gasteiger partial charge in [-0.2, -0.15) is 0 Å². The zero-order chi connectivity index (χ0) is 13.5. The number of rotatable bonds is 2. The third-order valence-electron chi connectivity index (χ3n) is 2.58. The minimum Gasteiger partial charge on any atom is -0.478 e. The Labute approximate surface area is 100 Å². The minimum absolute atomic E-state index is 0.0742. The molecule has 0 aromatic heterocycles. The fourth-order valence-electron chi connectivity index (χ4n) is 1.47. The number of carbonyl (C=O) groups is 2. The van der Waals surface area contributed by atoms with Gasteiger partial charge in [0.1, 0.15) is 5.75 Å². The number of benzene rings is 1. The molecule has 1 aliphatic rings. The van der Waals surface area contributed by atoms with E-state index in [2.05, 4.69) is 5.32 Å². The second-order valence-electron chi connectivity index (χ2n) is 3.83. The van der Waals surface area contributed by atoms with Crippen molar-refractivity contribution in [2.75, 3.05) is 5.32 Å². The number of carbonyl (C=O) groups excluding carboxylic acids is 1. The van der Waals surface area contributed by atoms with Crippen molar-refractivity contribution in [3.8, 4) is 5.75 Å². The normalized spacial score (nSPS) is 21.5. The number of hydrogen-bond acceptors (Lipinski definition) is 5.